The maximum atomic E-state index is 13.5. The van der Waals surface area contributed by atoms with Crippen LogP contribution < -0.4 is 5.73 Å². The molecule has 0 spiro atoms. The van der Waals surface area contributed by atoms with Gasteiger partial charge in [-0.3, -0.25) is 0 Å². The quantitative estimate of drug-likeness (QED) is 0.205. The number of aromatic nitrogens is 5. The van der Waals surface area contributed by atoms with E-state index in [-0.39, 0.29) is 34.7 Å². The van der Waals surface area contributed by atoms with Crippen molar-refractivity contribution in [3.8, 4) is 0 Å². The molecule has 1 fully saturated rings. The van der Waals surface area contributed by atoms with E-state index < -0.39 is 41.9 Å². The third-order valence-electron chi connectivity index (χ3n) is 7.16. The number of ether oxygens (including phenoxy) is 4. The highest BCUT2D eigenvalue weighted by molar-refractivity contribution is 5.91. The molecule has 3 aromatic carbocycles. The average Bonchev–Trinajstić information content (AvgIpc) is 3.60. The normalized spacial score (nSPS) is 21.1. The lowest BCUT2D eigenvalue weighted by Crippen LogP contribution is -2.50. The minimum atomic E-state index is -1.75. The summed E-state index contributed by atoms with van der Waals surface area (Å²) >= 11 is 0. The molecule has 4 atom stereocenters. The van der Waals surface area contributed by atoms with Gasteiger partial charge in [0.1, 0.15) is 19.0 Å². The number of carbonyl (C=O) groups is 3. The highest BCUT2D eigenvalue weighted by Crippen LogP contribution is 2.44. The van der Waals surface area contributed by atoms with Gasteiger partial charge >= 0.3 is 17.9 Å². The second-order valence-electron chi connectivity index (χ2n) is 10.1. The molecule has 0 saturated carbocycles. The number of anilines is 1. The van der Waals surface area contributed by atoms with E-state index in [0.717, 1.165) is 0 Å². The molecule has 0 aliphatic carbocycles. The molecule has 1 aliphatic rings. The number of rotatable bonds is 8. The van der Waals surface area contributed by atoms with Gasteiger partial charge in [0.25, 0.3) is 0 Å². The molecule has 2 N–H and O–H groups in total. The molecular formula is C31H26N6O7. The Bertz CT molecular complexity index is 1800. The van der Waals surface area contributed by atoms with Crippen LogP contribution in [-0.2, 0) is 18.9 Å². The van der Waals surface area contributed by atoms with Crippen LogP contribution in [0.15, 0.2) is 97.3 Å². The Labute approximate surface area is 250 Å². The summed E-state index contributed by atoms with van der Waals surface area (Å²) in [6.07, 6.45) is -2.45. The average molecular weight is 595 g/mol. The molecule has 6 rings (SSSR count). The summed E-state index contributed by atoms with van der Waals surface area (Å²) in [4.78, 5) is 48.0. The van der Waals surface area contributed by atoms with Gasteiger partial charge in [0.15, 0.2) is 34.9 Å². The standard InChI is InChI=1S/C31H26N6O7/c1-31(44-29(40)21-15-9-4-10-16-21)24(43-28(39)20-13-7-3-8-14-20)22(17-41-27(38)19-11-5-2-6-12-19)42-30(31)37-26-23(35-36-37)25(32)33-18-34-26/h2-16,18,22,24,30H,17H2,1H3,(H2,32,33,34)/t22-,24-,30-,31-/m1/s1. The Morgan fingerprint density at radius 1 is 0.841 bits per heavy atom. The van der Waals surface area contributed by atoms with Crippen LogP contribution >= 0.6 is 0 Å². The van der Waals surface area contributed by atoms with Crippen molar-refractivity contribution in [2.45, 2.75) is 31.0 Å². The summed E-state index contributed by atoms with van der Waals surface area (Å²) in [5, 5.41) is 8.27. The van der Waals surface area contributed by atoms with E-state index in [4.69, 9.17) is 24.7 Å². The molecule has 13 heteroatoms. The Balaban J connectivity index is 1.41. The molecule has 0 unspecified atom stereocenters. The van der Waals surface area contributed by atoms with Crippen LogP contribution in [0.3, 0.4) is 0 Å². The second-order valence-corrected chi connectivity index (χ2v) is 10.1. The zero-order valence-corrected chi connectivity index (χ0v) is 23.3. The number of hydrogen-bond acceptors (Lipinski definition) is 12. The molecule has 0 radical (unpaired) electrons. The molecule has 0 bridgehead atoms. The summed E-state index contributed by atoms with van der Waals surface area (Å²) in [5.41, 5.74) is 5.42. The molecule has 222 valence electrons. The lowest BCUT2D eigenvalue weighted by atomic mass is 9.95. The number of fused-ring (bicyclic) bond motifs is 1. The maximum absolute atomic E-state index is 13.5. The molecular weight excluding hydrogens is 568 g/mol. The van der Waals surface area contributed by atoms with Crippen LogP contribution in [0.4, 0.5) is 5.82 Å². The highest BCUT2D eigenvalue weighted by atomic mass is 16.7. The summed E-state index contributed by atoms with van der Waals surface area (Å²) in [6.45, 7) is 1.18. The first kappa shape index (κ1) is 28.4. The number of nitrogens with zero attached hydrogens (tertiary/aromatic N) is 5. The van der Waals surface area contributed by atoms with Crippen molar-refractivity contribution in [1.29, 1.82) is 0 Å². The van der Waals surface area contributed by atoms with Crippen molar-refractivity contribution in [1.82, 2.24) is 25.0 Å². The van der Waals surface area contributed by atoms with E-state index in [0.29, 0.717) is 5.56 Å². The third-order valence-corrected chi connectivity index (χ3v) is 7.16. The number of esters is 3. The number of benzene rings is 3. The first-order chi connectivity index (χ1) is 21.3. The lowest BCUT2D eigenvalue weighted by molar-refractivity contribution is -0.113. The number of hydrogen-bond donors (Lipinski definition) is 1. The van der Waals surface area contributed by atoms with E-state index >= 15 is 0 Å². The number of carbonyl (C=O) groups excluding carboxylic acids is 3. The molecule has 0 amide bonds. The topological polar surface area (TPSA) is 171 Å². The fourth-order valence-corrected chi connectivity index (χ4v) is 4.96. The maximum Gasteiger partial charge on any atom is 0.338 e. The largest absolute Gasteiger partial charge is 0.459 e. The van der Waals surface area contributed by atoms with Gasteiger partial charge in [-0.1, -0.05) is 59.8 Å². The lowest BCUT2D eigenvalue weighted by Gasteiger charge is -2.34. The first-order valence-corrected chi connectivity index (χ1v) is 13.6. The van der Waals surface area contributed by atoms with Crippen LogP contribution in [0.2, 0.25) is 0 Å². The van der Waals surface area contributed by atoms with Crippen molar-refractivity contribution >= 4 is 34.9 Å². The Kier molecular flexibility index (Phi) is 7.69. The monoisotopic (exact) mass is 594 g/mol. The van der Waals surface area contributed by atoms with Gasteiger partial charge in [-0.15, -0.1) is 5.10 Å². The number of nitrogens with two attached hydrogens (primary N) is 1. The molecule has 2 aromatic heterocycles. The fraction of sp³-hybridized carbons (Fsp3) is 0.194. The summed E-state index contributed by atoms with van der Waals surface area (Å²) < 4.78 is 25.4. The van der Waals surface area contributed by atoms with Gasteiger partial charge in [0.05, 0.1) is 16.7 Å². The van der Waals surface area contributed by atoms with Crippen LogP contribution in [0, 0.1) is 0 Å². The van der Waals surface area contributed by atoms with Gasteiger partial charge in [0.2, 0.25) is 0 Å². The Hall–Kier alpha value is -5.69. The van der Waals surface area contributed by atoms with Crippen LogP contribution in [0.1, 0.15) is 44.2 Å². The predicted octanol–water partition coefficient (Wildman–Crippen LogP) is 3.40. The Morgan fingerprint density at radius 3 is 2.02 bits per heavy atom. The smallest absolute Gasteiger partial charge is 0.338 e. The molecule has 44 heavy (non-hydrogen) atoms. The molecule has 1 saturated heterocycles. The first-order valence-electron chi connectivity index (χ1n) is 13.6. The van der Waals surface area contributed by atoms with Crippen LogP contribution in [0.5, 0.6) is 0 Å². The van der Waals surface area contributed by atoms with E-state index in [1.807, 2.05) is 0 Å². The van der Waals surface area contributed by atoms with Crippen LogP contribution in [-0.4, -0.2) is 67.3 Å². The highest BCUT2D eigenvalue weighted by Gasteiger charge is 2.61. The van der Waals surface area contributed by atoms with Crippen molar-refractivity contribution in [3.05, 3.63) is 114 Å². The summed E-state index contributed by atoms with van der Waals surface area (Å²) in [5.74, 6) is -1.98. The molecule has 13 nitrogen and oxygen atoms in total. The van der Waals surface area contributed by atoms with E-state index in [1.54, 1.807) is 97.9 Å². The minimum Gasteiger partial charge on any atom is -0.459 e. The predicted molar refractivity (Wildman–Crippen MR) is 154 cm³/mol. The minimum absolute atomic E-state index is 0.0719. The van der Waals surface area contributed by atoms with Crippen molar-refractivity contribution in [2.75, 3.05) is 12.3 Å². The number of nitrogen functional groups attached to an aromatic ring is 1. The van der Waals surface area contributed by atoms with E-state index in [1.165, 1.54) is 11.0 Å². The van der Waals surface area contributed by atoms with Gasteiger partial charge in [-0.05, 0) is 43.3 Å². The van der Waals surface area contributed by atoms with Crippen LogP contribution in [0.25, 0.3) is 11.2 Å². The van der Waals surface area contributed by atoms with Gasteiger partial charge < -0.3 is 24.7 Å². The van der Waals surface area contributed by atoms with Crippen molar-refractivity contribution in [2.24, 2.45) is 0 Å². The SMILES string of the molecule is C[C@@]1(OC(=O)c2ccccc2)[C@H](OC(=O)c2ccccc2)[C@@H](COC(=O)c2ccccc2)O[C@H]1n1nnc2c(N)ncnc21. The second kappa shape index (κ2) is 11.9. The Morgan fingerprint density at radius 2 is 1.41 bits per heavy atom. The summed E-state index contributed by atoms with van der Waals surface area (Å²) in [7, 11) is 0. The van der Waals surface area contributed by atoms with Crippen molar-refractivity contribution < 1.29 is 33.3 Å². The zero-order chi connectivity index (χ0) is 30.7. The van der Waals surface area contributed by atoms with E-state index in [9.17, 15) is 14.4 Å². The molecule has 1 aliphatic heterocycles. The van der Waals surface area contributed by atoms with Gasteiger partial charge in [-0.2, -0.15) is 4.68 Å². The summed E-state index contributed by atoms with van der Waals surface area (Å²) in [6, 6.07) is 25.0. The molecule has 3 heterocycles. The molecule has 5 aromatic rings. The van der Waals surface area contributed by atoms with E-state index in [2.05, 4.69) is 20.3 Å². The fourth-order valence-electron chi connectivity index (χ4n) is 4.96. The third kappa shape index (κ3) is 5.43. The zero-order valence-electron chi connectivity index (χ0n) is 23.3. The van der Waals surface area contributed by atoms with Crippen molar-refractivity contribution in [3.63, 3.8) is 0 Å². The van der Waals surface area contributed by atoms with Gasteiger partial charge in [-0.25, -0.2) is 24.4 Å². The van der Waals surface area contributed by atoms with Gasteiger partial charge in [0, 0.05) is 0 Å².